The molecule has 0 spiro atoms. The predicted octanol–water partition coefficient (Wildman–Crippen LogP) is 8.00. The Hall–Kier alpha value is -2.00. The summed E-state index contributed by atoms with van der Waals surface area (Å²) in [6, 6.07) is 8.29. The van der Waals surface area contributed by atoms with Crippen LogP contribution >= 0.6 is 0 Å². The monoisotopic (exact) mass is 454 g/mol. The molecule has 0 bridgehead atoms. The van der Waals surface area contributed by atoms with Crippen LogP contribution in [0.5, 0.6) is 11.5 Å². The minimum absolute atomic E-state index is 0.166. The molecule has 184 valence electrons. The quantitative estimate of drug-likeness (QED) is 0.492. The van der Waals surface area contributed by atoms with E-state index in [1.165, 1.54) is 0 Å². The molecule has 2 rings (SSSR count). The van der Waals surface area contributed by atoms with E-state index in [0.717, 1.165) is 33.4 Å². The molecule has 2 N–H and O–H groups in total. The highest BCUT2D eigenvalue weighted by Gasteiger charge is 2.28. The van der Waals surface area contributed by atoms with Crippen LogP contribution in [0.4, 0.5) is 0 Å². The Morgan fingerprint density at radius 1 is 0.485 bits per heavy atom. The van der Waals surface area contributed by atoms with E-state index in [4.69, 9.17) is 4.74 Å². The van der Waals surface area contributed by atoms with Crippen LogP contribution in [-0.4, -0.2) is 10.2 Å². The second-order valence-electron chi connectivity index (χ2n) is 13.6. The topological polar surface area (TPSA) is 49.7 Å². The van der Waals surface area contributed by atoms with Crippen molar-refractivity contribution in [1.29, 1.82) is 0 Å². The Morgan fingerprint density at radius 3 is 0.879 bits per heavy atom. The number of phenolic OH excluding ortho intramolecular Hbond substituents is 2. The lowest BCUT2D eigenvalue weighted by Gasteiger charge is -2.28. The largest absolute Gasteiger partial charge is 0.507 e. The summed E-state index contributed by atoms with van der Waals surface area (Å²) in [5.41, 5.74) is 5.25. The third-order valence-corrected chi connectivity index (χ3v) is 6.11. The van der Waals surface area contributed by atoms with Crippen LogP contribution in [-0.2, 0) is 39.6 Å². The van der Waals surface area contributed by atoms with E-state index in [9.17, 15) is 10.2 Å². The highest BCUT2D eigenvalue weighted by molar-refractivity contribution is 5.51. The fraction of sp³-hybridized carbons (Fsp3) is 0.600. The minimum atomic E-state index is -0.166. The highest BCUT2D eigenvalue weighted by atomic mass is 16.5. The molecule has 0 saturated carbocycles. The molecule has 3 heteroatoms. The molecule has 0 radical (unpaired) electrons. The Bertz CT molecular complexity index is 836. The summed E-state index contributed by atoms with van der Waals surface area (Å²) in [7, 11) is 0. The first-order valence-electron chi connectivity index (χ1n) is 12.0. The van der Waals surface area contributed by atoms with Crippen molar-refractivity contribution in [2.45, 2.75) is 118 Å². The van der Waals surface area contributed by atoms with Gasteiger partial charge in [-0.25, -0.2) is 0 Å². The Morgan fingerprint density at radius 2 is 0.697 bits per heavy atom. The lowest BCUT2D eigenvalue weighted by molar-refractivity contribution is 0.106. The minimum Gasteiger partial charge on any atom is -0.507 e. The first-order valence-corrected chi connectivity index (χ1v) is 12.0. The summed E-state index contributed by atoms with van der Waals surface area (Å²) < 4.78 is 6.19. The van der Waals surface area contributed by atoms with Crippen LogP contribution in [0.15, 0.2) is 24.3 Å². The van der Waals surface area contributed by atoms with Gasteiger partial charge in [-0.15, -0.1) is 0 Å². The van der Waals surface area contributed by atoms with E-state index in [1.54, 1.807) is 0 Å². The summed E-state index contributed by atoms with van der Waals surface area (Å²) in [4.78, 5) is 0. The number of hydrogen-bond acceptors (Lipinski definition) is 3. The molecule has 0 aliphatic rings. The van der Waals surface area contributed by atoms with Crippen molar-refractivity contribution in [2.24, 2.45) is 0 Å². The van der Waals surface area contributed by atoms with E-state index < -0.39 is 0 Å². The maximum atomic E-state index is 11.0. The van der Waals surface area contributed by atoms with Crippen molar-refractivity contribution in [3.63, 3.8) is 0 Å². The molecule has 0 fully saturated rings. The third-order valence-electron chi connectivity index (χ3n) is 6.11. The summed E-state index contributed by atoms with van der Waals surface area (Å²) in [5, 5.41) is 21.9. The average molecular weight is 455 g/mol. The molecular formula is C30H46O3. The molecule has 33 heavy (non-hydrogen) atoms. The average Bonchev–Trinajstić information content (AvgIpc) is 2.60. The zero-order valence-corrected chi connectivity index (χ0v) is 23.0. The van der Waals surface area contributed by atoms with Gasteiger partial charge in [0.25, 0.3) is 0 Å². The van der Waals surface area contributed by atoms with Gasteiger partial charge < -0.3 is 14.9 Å². The lowest BCUT2D eigenvalue weighted by Crippen LogP contribution is -2.18. The zero-order valence-electron chi connectivity index (χ0n) is 23.0. The second kappa shape index (κ2) is 8.98. The predicted molar refractivity (Wildman–Crippen MR) is 140 cm³/mol. The van der Waals surface area contributed by atoms with Crippen LogP contribution in [0.3, 0.4) is 0 Å². The zero-order chi connectivity index (χ0) is 25.6. The molecule has 2 aromatic rings. The van der Waals surface area contributed by atoms with Crippen molar-refractivity contribution in [1.82, 2.24) is 0 Å². The second-order valence-corrected chi connectivity index (χ2v) is 13.6. The van der Waals surface area contributed by atoms with Crippen LogP contribution in [0.2, 0.25) is 0 Å². The van der Waals surface area contributed by atoms with Gasteiger partial charge in [-0.3, -0.25) is 0 Å². The number of ether oxygens (including phenoxy) is 1. The van der Waals surface area contributed by atoms with Crippen molar-refractivity contribution in [2.75, 3.05) is 0 Å². The number of hydrogen-bond donors (Lipinski definition) is 2. The van der Waals surface area contributed by atoms with Gasteiger partial charge in [0.15, 0.2) is 0 Å². The molecule has 0 saturated heterocycles. The van der Waals surface area contributed by atoms with Gasteiger partial charge in [0, 0.05) is 0 Å². The van der Waals surface area contributed by atoms with Gasteiger partial charge in [-0.1, -0.05) is 83.1 Å². The van der Waals surface area contributed by atoms with Crippen molar-refractivity contribution in [3.8, 4) is 11.5 Å². The molecule has 0 aromatic heterocycles. The van der Waals surface area contributed by atoms with Gasteiger partial charge in [-0.2, -0.15) is 0 Å². The van der Waals surface area contributed by atoms with Gasteiger partial charge in [0.05, 0.1) is 13.2 Å². The number of benzene rings is 2. The van der Waals surface area contributed by atoms with Crippen LogP contribution in [0.1, 0.15) is 116 Å². The first-order chi connectivity index (χ1) is 14.7. The standard InChI is InChI=1S/C30H46O3/c1-27(2,3)21-13-19(14-22(25(21)31)28(4,5)6)17-33-18-20-15-23(29(7,8)9)26(32)24(16-20)30(10,11)12/h13-16,31-32H,17-18H2,1-12H3. The molecule has 0 aliphatic heterocycles. The maximum Gasteiger partial charge on any atom is 0.123 e. The number of phenols is 2. The van der Waals surface area contributed by atoms with E-state index in [1.807, 2.05) is 0 Å². The number of aromatic hydroxyl groups is 2. The first kappa shape index (κ1) is 27.2. The Labute approximate surface area is 202 Å². The van der Waals surface area contributed by atoms with E-state index in [2.05, 4.69) is 107 Å². The highest BCUT2D eigenvalue weighted by Crippen LogP contribution is 2.41. The van der Waals surface area contributed by atoms with Gasteiger partial charge in [-0.05, 0) is 79.3 Å². The molecule has 0 unspecified atom stereocenters. The lowest BCUT2D eigenvalue weighted by atomic mass is 9.78. The van der Waals surface area contributed by atoms with Gasteiger partial charge >= 0.3 is 0 Å². The fourth-order valence-electron chi connectivity index (χ4n) is 4.13. The normalized spacial score (nSPS) is 13.5. The van der Waals surface area contributed by atoms with Crippen LogP contribution < -0.4 is 0 Å². The van der Waals surface area contributed by atoms with E-state index in [0.29, 0.717) is 24.7 Å². The van der Waals surface area contributed by atoms with Crippen LogP contribution in [0.25, 0.3) is 0 Å². The van der Waals surface area contributed by atoms with Crippen molar-refractivity contribution >= 4 is 0 Å². The van der Waals surface area contributed by atoms with E-state index >= 15 is 0 Å². The number of rotatable bonds is 4. The van der Waals surface area contributed by atoms with Gasteiger partial charge in [0.1, 0.15) is 11.5 Å². The molecule has 3 nitrogen and oxygen atoms in total. The molecule has 2 aromatic carbocycles. The molecule has 0 heterocycles. The molecular weight excluding hydrogens is 408 g/mol. The van der Waals surface area contributed by atoms with Gasteiger partial charge in [0.2, 0.25) is 0 Å². The van der Waals surface area contributed by atoms with E-state index in [-0.39, 0.29) is 21.7 Å². The summed E-state index contributed by atoms with van der Waals surface area (Å²) in [5.74, 6) is 0.781. The summed E-state index contributed by atoms with van der Waals surface area (Å²) in [6.07, 6.45) is 0. The SMILES string of the molecule is CC(C)(C)c1cc(COCc2cc(C(C)(C)C)c(O)c(C(C)(C)C)c2)cc(C(C)(C)C)c1O. The smallest absolute Gasteiger partial charge is 0.123 e. The third kappa shape index (κ3) is 6.53. The fourth-order valence-corrected chi connectivity index (χ4v) is 4.13. The summed E-state index contributed by atoms with van der Waals surface area (Å²) in [6.45, 7) is 26.4. The Balaban J connectivity index is 2.39. The van der Waals surface area contributed by atoms with Crippen LogP contribution in [0, 0.1) is 0 Å². The molecule has 0 atom stereocenters. The molecule has 0 aliphatic carbocycles. The maximum absolute atomic E-state index is 11.0. The molecule has 0 amide bonds. The summed E-state index contributed by atoms with van der Waals surface area (Å²) >= 11 is 0. The van der Waals surface area contributed by atoms with Crippen molar-refractivity contribution < 1.29 is 14.9 Å². The Kier molecular flexibility index (Phi) is 7.42. The van der Waals surface area contributed by atoms with Crippen molar-refractivity contribution in [3.05, 3.63) is 57.6 Å².